The van der Waals surface area contributed by atoms with Crippen molar-refractivity contribution in [2.24, 2.45) is 41.4 Å². The average Bonchev–Trinajstić information content (AvgIpc) is 3.30. The van der Waals surface area contributed by atoms with E-state index in [4.69, 9.17) is 14.2 Å². The Hall–Kier alpha value is -4.71. The van der Waals surface area contributed by atoms with Crippen LogP contribution in [0.4, 0.5) is 0 Å². The molecule has 0 N–H and O–H groups in total. The van der Waals surface area contributed by atoms with E-state index in [0.29, 0.717) is 28.7 Å². The highest BCUT2D eigenvalue weighted by Crippen LogP contribution is 2.42. The van der Waals surface area contributed by atoms with Gasteiger partial charge in [-0.3, -0.25) is 9.59 Å². The topological polar surface area (TPSA) is 78.9 Å². The van der Waals surface area contributed by atoms with Gasteiger partial charge in [0.05, 0.1) is 17.4 Å². The number of aryl methyl sites for hydroxylation is 3. The number of esters is 3. The number of carbonyl (C=O) groups is 3. The Morgan fingerprint density at radius 1 is 0.381 bits per heavy atom. The fourth-order valence-corrected chi connectivity index (χ4v) is 9.95. The minimum absolute atomic E-state index is 0.0235. The molecule has 0 heterocycles. The van der Waals surface area contributed by atoms with E-state index in [2.05, 4.69) is 32.9 Å². The Balaban J connectivity index is 0.000000159. The van der Waals surface area contributed by atoms with E-state index >= 15 is 0 Å². The third-order valence-electron chi connectivity index (χ3n) is 14.5. The fraction of sp³-hybridized carbons (Fsp3) is 0.526. The minimum atomic E-state index is -0.294. The summed E-state index contributed by atoms with van der Waals surface area (Å²) in [6.45, 7) is 13.0. The van der Waals surface area contributed by atoms with Crippen LogP contribution in [-0.2, 0) is 9.59 Å². The lowest BCUT2D eigenvalue weighted by Crippen LogP contribution is -2.29. The standard InChI is InChI=1S/C21H30O2.C21H24O2.C15H20O2/c2*1-15-3-7-17(8-4-15)18-9-11-19(12-10-18)21(22)23-20-13-5-16(2)6-14-20;1-11-3-7-13(8-4-11)15(16)17-14-9-5-12(2)6-10-14/h5-6,13-15,17-19H,3-4,7-12H2,1-2H3;5-6,9-15,17H,3-4,7-8H2,1-2H3;5-6,9-11,13H,3-4,7-8H2,1-2H3. The van der Waals surface area contributed by atoms with Gasteiger partial charge in [0.1, 0.15) is 17.2 Å². The van der Waals surface area contributed by atoms with Crippen LogP contribution in [0.1, 0.15) is 162 Å². The third-order valence-corrected chi connectivity index (χ3v) is 14.5. The van der Waals surface area contributed by atoms with Gasteiger partial charge >= 0.3 is 17.9 Å². The van der Waals surface area contributed by atoms with Crippen molar-refractivity contribution in [3.05, 3.63) is 125 Å². The third kappa shape index (κ3) is 15.2. The summed E-state index contributed by atoms with van der Waals surface area (Å²) in [5.41, 5.74) is 5.47. The normalized spacial score (nSPS) is 25.7. The van der Waals surface area contributed by atoms with Crippen molar-refractivity contribution in [3.63, 3.8) is 0 Å². The molecule has 6 nitrogen and oxygen atoms in total. The monoisotopic (exact) mass is 855 g/mol. The molecule has 4 aromatic rings. The number of hydrogen-bond donors (Lipinski definition) is 0. The van der Waals surface area contributed by atoms with Crippen LogP contribution in [0.25, 0.3) is 0 Å². The Kier molecular flexibility index (Phi) is 18.1. The first kappa shape index (κ1) is 47.8. The molecule has 0 saturated heterocycles. The van der Waals surface area contributed by atoms with Crippen LogP contribution in [-0.4, -0.2) is 17.9 Å². The second-order valence-electron chi connectivity index (χ2n) is 19.8. The zero-order chi connectivity index (χ0) is 44.7. The number of carbonyl (C=O) groups excluding carboxylic acids is 3. The summed E-state index contributed by atoms with van der Waals surface area (Å²) in [5, 5.41) is 0. The molecule has 4 aliphatic rings. The summed E-state index contributed by atoms with van der Waals surface area (Å²) in [6, 6.07) is 30.9. The van der Waals surface area contributed by atoms with Crippen molar-refractivity contribution in [1.82, 2.24) is 0 Å². The van der Waals surface area contributed by atoms with E-state index in [9.17, 15) is 14.4 Å². The highest BCUT2D eigenvalue weighted by atomic mass is 16.5. The number of benzene rings is 4. The summed E-state index contributed by atoms with van der Waals surface area (Å²) >= 11 is 0. The zero-order valence-corrected chi connectivity index (χ0v) is 39.1. The lowest BCUT2D eigenvalue weighted by atomic mass is 9.69. The van der Waals surface area contributed by atoms with Crippen LogP contribution in [0, 0.1) is 62.2 Å². The van der Waals surface area contributed by atoms with Crippen LogP contribution < -0.4 is 14.2 Å². The van der Waals surface area contributed by atoms with Gasteiger partial charge in [-0.15, -0.1) is 0 Å². The second kappa shape index (κ2) is 23.8. The van der Waals surface area contributed by atoms with Gasteiger partial charge in [0.25, 0.3) is 0 Å². The smallest absolute Gasteiger partial charge is 0.343 e. The fourth-order valence-electron chi connectivity index (χ4n) is 9.95. The molecule has 0 unspecified atom stereocenters. The maximum Gasteiger partial charge on any atom is 0.343 e. The van der Waals surface area contributed by atoms with E-state index in [1.165, 1.54) is 80.9 Å². The lowest BCUT2D eigenvalue weighted by Gasteiger charge is -2.36. The predicted octanol–water partition coefficient (Wildman–Crippen LogP) is 14.8. The van der Waals surface area contributed by atoms with E-state index in [-0.39, 0.29) is 29.7 Å². The Bertz CT molecular complexity index is 1990. The van der Waals surface area contributed by atoms with Crippen molar-refractivity contribution in [3.8, 4) is 17.2 Å². The average molecular weight is 855 g/mol. The molecule has 63 heavy (non-hydrogen) atoms. The SMILES string of the molecule is Cc1ccc(OC(=O)C2CCC(C)CC2)cc1.Cc1ccc(OC(=O)C2CCC(C3CCC(C)CC3)CC2)cc1.Cc1ccc(OC(=O)c2ccc(C3CCC(C)CC3)cc2)cc1. The van der Waals surface area contributed by atoms with Gasteiger partial charge in [-0.25, -0.2) is 4.79 Å². The predicted molar refractivity (Wildman–Crippen MR) is 254 cm³/mol. The quantitative estimate of drug-likeness (QED) is 0.130. The molecular formula is C57H74O6. The molecule has 4 aliphatic carbocycles. The summed E-state index contributed by atoms with van der Waals surface area (Å²) in [5.74, 6) is 6.74. The van der Waals surface area contributed by atoms with Crippen LogP contribution in [0.2, 0.25) is 0 Å². The second-order valence-corrected chi connectivity index (χ2v) is 19.8. The molecule has 0 radical (unpaired) electrons. The van der Waals surface area contributed by atoms with Crippen LogP contribution in [0.3, 0.4) is 0 Å². The van der Waals surface area contributed by atoms with Crippen LogP contribution >= 0.6 is 0 Å². The minimum Gasteiger partial charge on any atom is -0.426 e. The van der Waals surface area contributed by atoms with Crippen LogP contribution in [0.15, 0.2) is 97.1 Å². The van der Waals surface area contributed by atoms with Crippen molar-refractivity contribution in [2.75, 3.05) is 0 Å². The van der Waals surface area contributed by atoms with Crippen molar-refractivity contribution in [1.29, 1.82) is 0 Å². The first-order valence-electron chi connectivity index (χ1n) is 24.3. The summed E-state index contributed by atoms with van der Waals surface area (Å²) in [7, 11) is 0. The molecule has 0 bridgehead atoms. The molecule has 4 fully saturated rings. The zero-order valence-electron chi connectivity index (χ0n) is 39.1. The summed E-state index contributed by atoms with van der Waals surface area (Å²) in [4.78, 5) is 36.5. The Morgan fingerprint density at radius 2 is 0.698 bits per heavy atom. The van der Waals surface area contributed by atoms with Gasteiger partial charge in [0.15, 0.2) is 0 Å². The molecule has 6 heteroatoms. The summed E-state index contributed by atoms with van der Waals surface area (Å²) in [6.07, 6.45) is 19.5. The maximum atomic E-state index is 12.4. The van der Waals surface area contributed by atoms with Gasteiger partial charge in [0, 0.05) is 0 Å². The molecule has 4 saturated carbocycles. The first-order valence-corrected chi connectivity index (χ1v) is 24.3. The lowest BCUT2D eigenvalue weighted by molar-refractivity contribution is -0.141. The molecule has 0 atom stereocenters. The first-order chi connectivity index (χ1) is 30.4. The van der Waals surface area contributed by atoms with Crippen molar-refractivity contribution >= 4 is 17.9 Å². The molecule has 0 aromatic heterocycles. The van der Waals surface area contributed by atoms with Crippen molar-refractivity contribution in [2.45, 2.75) is 150 Å². The highest BCUT2D eigenvalue weighted by molar-refractivity contribution is 5.91. The number of hydrogen-bond acceptors (Lipinski definition) is 6. The van der Waals surface area contributed by atoms with E-state index in [1.807, 2.05) is 106 Å². The van der Waals surface area contributed by atoms with E-state index in [0.717, 1.165) is 73.7 Å². The molecule has 0 spiro atoms. The molecule has 338 valence electrons. The molecular weight excluding hydrogens is 781 g/mol. The Labute approximate surface area is 378 Å². The van der Waals surface area contributed by atoms with Gasteiger partial charge in [-0.1, -0.05) is 112 Å². The van der Waals surface area contributed by atoms with E-state index in [1.54, 1.807) is 0 Å². The molecule has 8 rings (SSSR count). The summed E-state index contributed by atoms with van der Waals surface area (Å²) < 4.78 is 16.4. The number of ether oxygens (including phenoxy) is 3. The van der Waals surface area contributed by atoms with Crippen molar-refractivity contribution < 1.29 is 28.6 Å². The Morgan fingerprint density at radius 3 is 1.10 bits per heavy atom. The highest BCUT2D eigenvalue weighted by Gasteiger charge is 2.33. The largest absolute Gasteiger partial charge is 0.426 e. The number of rotatable bonds is 8. The maximum absolute atomic E-state index is 12.4. The molecule has 0 aliphatic heterocycles. The molecule has 4 aromatic carbocycles. The van der Waals surface area contributed by atoms with Gasteiger partial charge < -0.3 is 14.2 Å². The van der Waals surface area contributed by atoms with Gasteiger partial charge in [-0.05, 0) is 187 Å². The van der Waals surface area contributed by atoms with Gasteiger partial charge in [0.2, 0.25) is 0 Å². The molecule has 0 amide bonds. The van der Waals surface area contributed by atoms with Crippen LogP contribution in [0.5, 0.6) is 17.2 Å². The van der Waals surface area contributed by atoms with Gasteiger partial charge in [-0.2, -0.15) is 0 Å². The van der Waals surface area contributed by atoms with E-state index < -0.39 is 0 Å².